The van der Waals surface area contributed by atoms with Crippen molar-refractivity contribution < 1.29 is 9.53 Å². The van der Waals surface area contributed by atoms with Crippen LogP contribution in [0.5, 0.6) is 0 Å². The van der Waals surface area contributed by atoms with Crippen LogP contribution in [0.25, 0.3) is 11.0 Å². The number of aromatic nitrogens is 2. The highest BCUT2D eigenvalue weighted by atomic mass is 79.9. The van der Waals surface area contributed by atoms with Gasteiger partial charge in [0.2, 0.25) is 0 Å². The average Bonchev–Trinajstić information content (AvgIpc) is 2.98. The summed E-state index contributed by atoms with van der Waals surface area (Å²) >= 11 is 3.42. The van der Waals surface area contributed by atoms with Gasteiger partial charge >= 0.3 is 5.97 Å². The number of nitrogens with one attached hydrogen (secondary N) is 1. The lowest BCUT2D eigenvalue weighted by Gasteiger charge is -2.13. The number of hydrogen-bond donors (Lipinski definition) is 1. The van der Waals surface area contributed by atoms with Gasteiger partial charge in [-0.15, -0.1) is 0 Å². The number of rotatable bonds is 5. The van der Waals surface area contributed by atoms with Crippen LogP contribution in [0.15, 0.2) is 53.0 Å². The molecule has 5 heteroatoms. The predicted octanol–water partition coefficient (Wildman–Crippen LogP) is 4.21. The third kappa shape index (κ3) is 3.62. The first kappa shape index (κ1) is 15.7. The van der Waals surface area contributed by atoms with Crippen LogP contribution in [0.2, 0.25) is 0 Å². The Balaban J connectivity index is 1.94. The molecule has 0 aliphatic heterocycles. The Kier molecular flexibility index (Phi) is 4.76. The Morgan fingerprint density at radius 3 is 2.65 bits per heavy atom. The molecule has 4 nitrogen and oxygen atoms in total. The van der Waals surface area contributed by atoms with Gasteiger partial charge in [0.05, 0.1) is 17.6 Å². The molecule has 0 aliphatic carbocycles. The molecule has 0 spiro atoms. The van der Waals surface area contributed by atoms with E-state index in [2.05, 4.69) is 25.9 Å². The second kappa shape index (κ2) is 6.96. The van der Waals surface area contributed by atoms with Crippen molar-refractivity contribution in [1.29, 1.82) is 0 Å². The van der Waals surface area contributed by atoms with Gasteiger partial charge in [-0.25, -0.2) is 4.98 Å². The largest absolute Gasteiger partial charge is 0.465 e. The molecule has 1 atom stereocenters. The van der Waals surface area contributed by atoms with Crippen molar-refractivity contribution in [3.63, 3.8) is 0 Å². The number of hydrogen-bond acceptors (Lipinski definition) is 3. The molecule has 0 aliphatic rings. The molecule has 118 valence electrons. The van der Waals surface area contributed by atoms with Crippen LogP contribution in [0, 0.1) is 0 Å². The zero-order valence-corrected chi connectivity index (χ0v) is 14.3. The second-order valence-electron chi connectivity index (χ2n) is 5.27. The van der Waals surface area contributed by atoms with Crippen LogP contribution in [-0.4, -0.2) is 22.5 Å². The van der Waals surface area contributed by atoms with Crippen LogP contribution in [0.4, 0.5) is 0 Å². The molecule has 1 aromatic heterocycles. The van der Waals surface area contributed by atoms with E-state index in [4.69, 9.17) is 4.74 Å². The van der Waals surface area contributed by atoms with Crippen molar-refractivity contribution in [2.45, 2.75) is 19.3 Å². The summed E-state index contributed by atoms with van der Waals surface area (Å²) in [5.74, 6) is -0.0504. The Morgan fingerprint density at radius 2 is 1.96 bits per heavy atom. The van der Waals surface area contributed by atoms with Gasteiger partial charge in [-0.05, 0) is 43.2 Å². The van der Waals surface area contributed by atoms with Crippen LogP contribution >= 0.6 is 15.9 Å². The van der Waals surface area contributed by atoms with E-state index in [0.29, 0.717) is 18.9 Å². The molecule has 1 N–H and O–H groups in total. The summed E-state index contributed by atoms with van der Waals surface area (Å²) in [6.07, 6.45) is 0.548. The first-order valence-electron chi connectivity index (χ1n) is 7.53. The lowest BCUT2D eigenvalue weighted by Crippen LogP contribution is -2.19. The molecule has 2 aromatic carbocycles. The molecule has 1 heterocycles. The summed E-state index contributed by atoms with van der Waals surface area (Å²) in [6, 6.07) is 15.7. The topological polar surface area (TPSA) is 55.0 Å². The molecule has 3 rings (SSSR count). The molecule has 23 heavy (non-hydrogen) atoms. The lowest BCUT2D eigenvalue weighted by molar-refractivity contribution is -0.145. The van der Waals surface area contributed by atoms with Crippen molar-refractivity contribution in [2.24, 2.45) is 0 Å². The molecule has 0 saturated heterocycles. The molecule has 0 fully saturated rings. The van der Waals surface area contributed by atoms with E-state index in [-0.39, 0.29) is 5.97 Å². The Labute approximate surface area is 143 Å². The van der Waals surface area contributed by atoms with Crippen LogP contribution in [0.1, 0.15) is 24.2 Å². The van der Waals surface area contributed by atoms with Gasteiger partial charge in [0.1, 0.15) is 11.7 Å². The Bertz CT molecular complexity index is 778. The van der Waals surface area contributed by atoms with E-state index in [1.165, 1.54) is 0 Å². The van der Waals surface area contributed by atoms with Crippen molar-refractivity contribution >= 4 is 32.9 Å². The molecule has 0 amide bonds. The second-order valence-corrected chi connectivity index (χ2v) is 6.19. The summed E-state index contributed by atoms with van der Waals surface area (Å²) in [7, 11) is 0. The number of fused-ring (bicyclic) bond motifs is 1. The van der Waals surface area contributed by atoms with E-state index in [9.17, 15) is 4.79 Å². The van der Waals surface area contributed by atoms with Gasteiger partial charge in [-0.1, -0.05) is 40.2 Å². The number of esters is 1. The maximum atomic E-state index is 12.4. The summed E-state index contributed by atoms with van der Waals surface area (Å²) in [6.45, 7) is 2.17. The number of para-hydroxylation sites is 2. The maximum absolute atomic E-state index is 12.4. The van der Waals surface area contributed by atoms with Gasteiger partial charge in [0, 0.05) is 4.47 Å². The lowest BCUT2D eigenvalue weighted by atomic mass is 9.99. The smallest absolute Gasteiger partial charge is 0.316 e. The fourth-order valence-corrected chi connectivity index (χ4v) is 2.79. The number of ether oxygens (including phenoxy) is 1. The predicted molar refractivity (Wildman–Crippen MR) is 93.3 cm³/mol. The molecule has 0 bridgehead atoms. The number of benzene rings is 2. The number of carbonyl (C=O) groups is 1. The molecule has 1 unspecified atom stereocenters. The number of halogens is 1. The normalized spacial score (nSPS) is 12.3. The summed E-state index contributed by atoms with van der Waals surface area (Å²) < 4.78 is 6.25. The number of nitrogens with zero attached hydrogens (tertiary/aromatic N) is 1. The van der Waals surface area contributed by atoms with Gasteiger partial charge in [-0.2, -0.15) is 0 Å². The summed E-state index contributed by atoms with van der Waals surface area (Å²) in [4.78, 5) is 20.2. The van der Waals surface area contributed by atoms with Crippen molar-refractivity contribution in [1.82, 2.24) is 9.97 Å². The molecular weight excluding hydrogens is 356 g/mol. The highest BCUT2D eigenvalue weighted by molar-refractivity contribution is 9.10. The highest BCUT2D eigenvalue weighted by Gasteiger charge is 2.25. The van der Waals surface area contributed by atoms with Gasteiger partial charge in [-0.3, -0.25) is 4.79 Å². The average molecular weight is 373 g/mol. The molecule has 0 saturated carbocycles. The van der Waals surface area contributed by atoms with Crippen LogP contribution in [-0.2, 0) is 16.0 Å². The van der Waals surface area contributed by atoms with Crippen molar-refractivity contribution in [3.05, 3.63) is 64.4 Å². The SMILES string of the molecule is CCOC(=O)C(Cc1ccc(Br)cc1)c1nc2ccccc2[nH]1. The maximum Gasteiger partial charge on any atom is 0.316 e. The van der Waals surface area contributed by atoms with Crippen LogP contribution in [0.3, 0.4) is 0 Å². The quantitative estimate of drug-likeness (QED) is 0.682. The monoisotopic (exact) mass is 372 g/mol. The van der Waals surface area contributed by atoms with E-state index in [0.717, 1.165) is 21.1 Å². The minimum absolute atomic E-state index is 0.255. The van der Waals surface area contributed by atoms with Crippen molar-refractivity contribution in [3.8, 4) is 0 Å². The third-order valence-corrected chi connectivity index (χ3v) is 4.19. The first-order valence-corrected chi connectivity index (χ1v) is 8.32. The highest BCUT2D eigenvalue weighted by Crippen LogP contribution is 2.24. The molecule has 3 aromatic rings. The summed E-state index contributed by atoms with van der Waals surface area (Å²) in [5.41, 5.74) is 2.84. The standard InChI is InChI=1S/C18H17BrN2O2/c1-2-23-18(22)14(11-12-7-9-13(19)10-8-12)17-20-15-5-3-4-6-16(15)21-17/h3-10,14H,2,11H2,1H3,(H,20,21). The first-order chi connectivity index (χ1) is 11.2. The number of carbonyl (C=O) groups excluding carboxylic acids is 1. The van der Waals surface area contributed by atoms with Crippen molar-refractivity contribution in [2.75, 3.05) is 6.61 Å². The van der Waals surface area contributed by atoms with Gasteiger partial charge < -0.3 is 9.72 Å². The van der Waals surface area contributed by atoms with E-state index in [1.807, 2.05) is 55.5 Å². The zero-order chi connectivity index (χ0) is 16.2. The number of aromatic amines is 1. The van der Waals surface area contributed by atoms with E-state index in [1.54, 1.807) is 0 Å². The zero-order valence-electron chi connectivity index (χ0n) is 12.8. The van der Waals surface area contributed by atoms with Crippen LogP contribution < -0.4 is 0 Å². The third-order valence-electron chi connectivity index (χ3n) is 3.66. The van der Waals surface area contributed by atoms with E-state index < -0.39 is 5.92 Å². The fourth-order valence-electron chi connectivity index (χ4n) is 2.53. The number of H-pyrrole nitrogens is 1. The molecular formula is C18H17BrN2O2. The minimum atomic E-state index is -0.441. The fraction of sp³-hybridized carbons (Fsp3) is 0.222. The van der Waals surface area contributed by atoms with Gasteiger partial charge in [0.15, 0.2) is 0 Å². The summed E-state index contributed by atoms with van der Waals surface area (Å²) in [5, 5.41) is 0. The van der Waals surface area contributed by atoms with Gasteiger partial charge in [0.25, 0.3) is 0 Å². The Hall–Kier alpha value is -2.14. The van der Waals surface area contributed by atoms with E-state index >= 15 is 0 Å². The Morgan fingerprint density at radius 1 is 1.22 bits per heavy atom. The minimum Gasteiger partial charge on any atom is -0.465 e. The number of imidazole rings is 1. The molecule has 0 radical (unpaired) electrons.